The monoisotopic (exact) mass is 349 g/mol. The zero-order valence-electron chi connectivity index (χ0n) is 14.6. The summed E-state index contributed by atoms with van der Waals surface area (Å²) in [6, 6.07) is 17.2. The van der Waals surface area contributed by atoms with Gasteiger partial charge in [0, 0.05) is 16.4 Å². The smallest absolute Gasteiger partial charge is 0.121 e. The molecule has 128 valence electrons. The molecule has 3 nitrogen and oxygen atoms in total. The van der Waals surface area contributed by atoms with Crippen LogP contribution >= 0.6 is 12.6 Å². The Labute approximate surface area is 154 Å². The summed E-state index contributed by atoms with van der Waals surface area (Å²) in [5, 5.41) is 12.2. The van der Waals surface area contributed by atoms with E-state index < -0.39 is 0 Å². The predicted molar refractivity (Wildman–Crippen MR) is 106 cm³/mol. The molecule has 0 bridgehead atoms. The first-order valence-electron chi connectivity index (χ1n) is 8.97. The number of rotatable bonds is 3. The predicted octanol–water partition coefficient (Wildman–Crippen LogP) is 5.12. The number of H-pyrrole nitrogens is 1. The Morgan fingerprint density at radius 3 is 2.44 bits per heavy atom. The highest BCUT2D eigenvalue weighted by atomic mass is 32.1. The summed E-state index contributed by atoms with van der Waals surface area (Å²) in [7, 11) is 0. The molecule has 1 heterocycles. The van der Waals surface area contributed by atoms with E-state index >= 15 is 0 Å². The number of nitrogens with zero attached hydrogens (tertiary/aromatic N) is 2. The van der Waals surface area contributed by atoms with Gasteiger partial charge in [0.1, 0.15) is 11.4 Å². The summed E-state index contributed by atoms with van der Waals surface area (Å²) in [4.78, 5) is 0. The van der Waals surface area contributed by atoms with Crippen LogP contribution in [0.3, 0.4) is 0 Å². The molecule has 0 saturated carbocycles. The minimum absolute atomic E-state index is 0.376. The van der Waals surface area contributed by atoms with Crippen molar-refractivity contribution in [1.29, 1.82) is 0 Å². The van der Waals surface area contributed by atoms with Crippen LogP contribution in [-0.2, 0) is 6.42 Å². The van der Waals surface area contributed by atoms with Crippen molar-refractivity contribution in [2.24, 2.45) is 5.92 Å². The van der Waals surface area contributed by atoms with Crippen LogP contribution in [0.15, 0.2) is 48.5 Å². The molecule has 3 unspecified atom stereocenters. The third kappa shape index (κ3) is 2.78. The van der Waals surface area contributed by atoms with E-state index in [9.17, 15) is 0 Å². The molecule has 0 spiro atoms. The lowest BCUT2D eigenvalue weighted by atomic mass is 9.75. The summed E-state index contributed by atoms with van der Waals surface area (Å²) in [6.07, 6.45) is 2.07. The number of aromatic nitrogens is 3. The molecule has 25 heavy (non-hydrogen) atoms. The highest BCUT2D eigenvalue weighted by Crippen LogP contribution is 2.44. The lowest BCUT2D eigenvalue weighted by Gasteiger charge is -2.31. The average Bonchev–Trinajstić information content (AvgIpc) is 3.13. The van der Waals surface area contributed by atoms with E-state index in [0.29, 0.717) is 17.1 Å². The number of nitrogens with one attached hydrogen (secondary N) is 1. The molecule has 3 aromatic rings. The molecule has 2 aromatic carbocycles. The number of fused-ring (bicyclic) bond motifs is 5. The first-order valence-corrected chi connectivity index (χ1v) is 9.48. The molecule has 0 amide bonds. The van der Waals surface area contributed by atoms with Gasteiger partial charge in [0.05, 0.1) is 0 Å². The van der Waals surface area contributed by atoms with Crippen LogP contribution in [0.2, 0.25) is 0 Å². The normalized spacial score (nSPS) is 18.3. The van der Waals surface area contributed by atoms with Gasteiger partial charge < -0.3 is 0 Å². The Morgan fingerprint density at radius 1 is 1.04 bits per heavy atom. The van der Waals surface area contributed by atoms with Crippen molar-refractivity contribution < 1.29 is 0 Å². The zero-order valence-corrected chi connectivity index (χ0v) is 15.5. The van der Waals surface area contributed by atoms with Crippen LogP contribution in [0.5, 0.6) is 0 Å². The molecule has 0 aliphatic heterocycles. The van der Waals surface area contributed by atoms with Crippen LogP contribution in [0.4, 0.5) is 0 Å². The van der Waals surface area contributed by atoms with Gasteiger partial charge in [-0.3, -0.25) is 0 Å². The standard InChI is InChI=1S/C21H23N3S/c1-3-19(25)13(2)18-12-14-8-4-5-9-15(14)20-21(23-24-22-20)17-11-7-6-10-16(17)18/h4-11,13,18-19,25H,3,12H2,1-2H3,(H,22,23,24). The molecule has 3 atom stereocenters. The van der Waals surface area contributed by atoms with E-state index in [-0.39, 0.29) is 0 Å². The Bertz CT molecular complexity index is 886. The van der Waals surface area contributed by atoms with Gasteiger partial charge in [-0.1, -0.05) is 62.4 Å². The minimum atomic E-state index is 0.376. The van der Waals surface area contributed by atoms with E-state index in [0.717, 1.165) is 24.2 Å². The summed E-state index contributed by atoms with van der Waals surface area (Å²) in [5.41, 5.74) is 6.96. The van der Waals surface area contributed by atoms with Crippen LogP contribution in [-0.4, -0.2) is 20.7 Å². The number of aromatic amines is 1. The van der Waals surface area contributed by atoms with Crippen LogP contribution < -0.4 is 0 Å². The second-order valence-corrected chi connectivity index (χ2v) is 7.57. The average molecular weight is 350 g/mol. The number of benzene rings is 2. The lowest BCUT2D eigenvalue weighted by molar-refractivity contribution is 0.435. The Kier molecular flexibility index (Phi) is 4.38. The molecule has 1 aliphatic rings. The third-order valence-corrected chi connectivity index (χ3v) is 6.37. The van der Waals surface area contributed by atoms with Crippen molar-refractivity contribution in [3.8, 4) is 22.5 Å². The van der Waals surface area contributed by atoms with Crippen molar-refractivity contribution in [2.45, 2.75) is 37.9 Å². The quantitative estimate of drug-likeness (QED) is 0.644. The van der Waals surface area contributed by atoms with E-state index in [1.807, 2.05) is 0 Å². The molecule has 1 aromatic heterocycles. The van der Waals surface area contributed by atoms with Crippen LogP contribution in [0.1, 0.15) is 37.3 Å². The second kappa shape index (κ2) is 6.68. The Morgan fingerprint density at radius 2 is 1.68 bits per heavy atom. The zero-order chi connectivity index (χ0) is 17.4. The van der Waals surface area contributed by atoms with E-state index in [2.05, 4.69) is 77.8 Å². The van der Waals surface area contributed by atoms with Gasteiger partial charge in [-0.15, -0.1) is 0 Å². The summed E-state index contributed by atoms with van der Waals surface area (Å²) >= 11 is 4.87. The maximum atomic E-state index is 4.87. The Balaban J connectivity index is 1.96. The van der Waals surface area contributed by atoms with Crippen molar-refractivity contribution in [3.63, 3.8) is 0 Å². The van der Waals surface area contributed by atoms with E-state index in [1.165, 1.54) is 22.3 Å². The fourth-order valence-corrected chi connectivity index (χ4v) is 4.24. The van der Waals surface area contributed by atoms with Gasteiger partial charge in [-0.05, 0) is 35.8 Å². The molecular weight excluding hydrogens is 326 g/mol. The summed E-state index contributed by atoms with van der Waals surface area (Å²) < 4.78 is 0. The lowest BCUT2D eigenvalue weighted by Crippen LogP contribution is -2.23. The largest absolute Gasteiger partial charge is 0.197 e. The molecule has 4 heteroatoms. The van der Waals surface area contributed by atoms with E-state index in [4.69, 9.17) is 12.6 Å². The topological polar surface area (TPSA) is 41.6 Å². The molecule has 0 saturated heterocycles. The fourth-order valence-electron chi connectivity index (χ4n) is 4.03. The van der Waals surface area contributed by atoms with Crippen molar-refractivity contribution in [3.05, 3.63) is 59.7 Å². The SMILES string of the molecule is CCC(S)C(C)C1Cc2ccccc2-c2n[nH]nc2-c2ccccc21. The van der Waals surface area contributed by atoms with Crippen LogP contribution in [0, 0.1) is 5.92 Å². The molecular formula is C21H23N3S. The van der Waals surface area contributed by atoms with Gasteiger partial charge >= 0.3 is 0 Å². The Hall–Kier alpha value is -2.07. The number of hydrogen-bond donors (Lipinski definition) is 2. The molecule has 4 rings (SSSR count). The molecule has 1 aliphatic carbocycles. The van der Waals surface area contributed by atoms with E-state index in [1.54, 1.807) is 0 Å². The first-order chi connectivity index (χ1) is 12.2. The minimum Gasteiger partial charge on any atom is -0.197 e. The highest BCUT2D eigenvalue weighted by molar-refractivity contribution is 7.81. The maximum absolute atomic E-state index is 4.87. The van der Waals surface area contributed by atoms with Gasteiger partial charge in [0.15, 0.2) is 0 Å². The third-order valence-electron chi connectivity index (χ3n) is 5.54. The molecule has 1 N–H and O–H groups in total. The van der Waals surface area contributed by atoms with Gasteiger partial charge in [0.25, 0.3) is 0 Å². The first kappa shape index (κ1) is 16.4. The van der Waals surface area contributed by atoms with Gasteiger partial charge in [-0.25, -0.2) is 0 Å². The summed E-state index contributed by atoms with van der Waals surface area (Å²) in [5.74, 6) is 0.876. The van der Waals surface area contributed by atoms with Gasteiger partial charge in [0.2, 0.25) is 0 Å². The van der Waals surface area contributed by atoms with Crippen molar-refractivity contribution >= 4 is 12.6 Å². The maximum Gasteiger partial charge on any atom is 0.121 e. The van der Waals surface area contributed by atoms with Crippen molar-refractivity contribution in [1.82, 2.24) is 15.4 Å². The van der Waals surface area contributed by atoms with Crippen molar-refractivity contribution in [2.75, 3.05) is 0 Å². The van der Waals surface area contributed by atoms with Gasteiger partial charge in [-0.2, -0.15) is 28.0 Å². The fraction of sp³-hybridized carbons (Fsp3) is 0.333. The molecule has 0 fully saturated rings. The molecule has 0 radical (unpaired) electrons. The second-order valence-electron chi connectivity index (χ2n) is 6.91. The highest BCUT2D eigenvalue weighted by Gasteiger charge is 2.31. The number of hydrogen-bond acceptors (Lipinski definition) is 3. The van der Waals surface area contributed by atoms with Crippen LogP contribution in [0.25, 0.3) is 22.5 Å². The number of thiol groups is 1. The summed E-state index contributed by atoms with van der Waals surface area (Å²) in [6.45, 7) is 4.54.